The number of alkyl halides is 3. The number of aliphatic imine (C=N–C) groups is 1. The van der Waals surface area contributed by atoms with Gasteiger partial charge in [-0.15, -0.1) is 21.5 Å². The number of thiazole rings is 1. The van der Waals surface area contributed by atoms with Crippen LogP contribution in [0.2, 0.25) is 0 Å². The van der Waals surface area contributed by atoms with Crippen molar-refractivity contribution in [1.29, 1.82) is 0 Å². The summed E-state index contributed by atoms with van der Waals surface area (Å²) in [6.45, 7) is 2.88. The maximum Gasteiger partial charge on any atom is 0.434 e. The summed E-state index contributed by atoms with van der Waals surface area (Å²) in [7, 11) is 0. The minimum atomic E-state index is -4.44. The molecule has 148 valence electrons. The molecule has 0 atom stereocenters. The number of guanidine groups is 1. The molecule has 0 fully saturated rings. The molecule has 0 aliphatic rings. The van der Waals surface area contributed by atoms with Gasteiger partial charge in [0.05, 0.1) is 6.54 Å². The molecule has 2 aromatic heterocycles. The number of rotatable bonds is 6. The Morgan fingerprint density at radius 1 is 1.21 bits per heavy atom. The fourth-order valence-corrected chi connectivity index (χ4v) is 3.08. The van der Waals surface area contributed by atoms with E-state index in [1.54, 1.807) is 6.33 Å². The number of nitrogens with zero attached hydrogens (tertiary/aromatic N) is 5. The number of nitrogens with one attached hydrogen (secondary N) is 2. The van der Waals surface area contributed by atoms with Crippen LogP contribution in [-0.4, -0.2) is 32.3 Å². The molecular formula is C17H18F3N7S. The summed E-state index contributed by atoms with van der Waals surface area (Å²) < 4.78 is 39.8. The van der Waals surface area contributed by atoms with Crippen LogP contribution in [0.5, 0.6) is 0 Å². The number of hydrogen-bond donors (Lipinski definition) is 2. The molecule has 0 aliphatic carbocycles. The van der Waals surface area contributed by atoms with Gasteiger partial charge >= 0.3 is 6.18 Å². The summed E-state index contributed by atoms with van der Waals surface area (Å²) in [5, 5.41) is 15.4. The molecule has 0 saturated heterocycles. The van der Waals surface area contributed by atoms with E-state index in [2.05, 4.69) is 30.8 Å². The highest BCUT2D eigenvalue weighted by Gasteiger charge is 2.33. The number of halogens is 3. The van der Waals surface area contributed by atoms with Crippen molar-refractivity contribution in [2.75, 3.05) is 6.54 Å². The third kappa shape index (κ3) is 5.06. The zero-order valence-electron chi connectivity index (χ0n) is 14.9. The summed E-state index contributed by atoms with van der Waals surface area (Å²) >= 11 is 0.949. The second kappa shape index (κ2) is 8.83. The highest BCUT2D eigenvalue weighted by Crippen LogP contribution is 2.29. The van der Waals surface area contributed by atoms with E-state index in [4.69, 9.17) is 0 Å². The largest absolute Gasteiger partial charge is 0.434 e. The zero-order chi connectivity index (χ0) is 20.0. The minimum Gasteiger partial charge on any atom is -0.357 e. The van der Waals surface area contributed by atoms with Crippen molar-refractivity contribution in [2.45, 2.75) is 26.2 Å². The molecule has 0 amide bonds. The van der Waals surface area contributed by atoms with Crippen LogP contribution < -0.4 is 10.6 Å². The van der Waals surface area contributed by atoms with Gasteiger partial charge in [0.25, 0.3) is 0 Å². The highest BCUT2D eigenvalue weighted by atomic mass is 32.1. The van der Waals surface area contributed by atoms with Crippen LogP contribution in [0.25, 0.3) is 5.69 Å². The van der Waals surface area contributed by atoms with Crippen molar-refractivity contribution in [3.63, 3.8) is 0 Å². The Kier molecular flexibility index (Phi) is 6.24. The molecule has 7 nitrogen and oxygen atoms in total. The van der Waals surface area contributed by atoms with E-state index in [0.29, 0.717) is 23.3 Å². The van der Waals surface area contributed by atoms with Crippen molar-refractivity contribution in [1.82, 2.24) is 30.4 Å². The molecule has 1 aromatic carbocycles. The van der Waals surface area contributed by atoms with Gasteiger partial charge in [0.1, 0.15) is 17.9 Å². The molecule has 11 heteroatoms. The average Bonchev–Trinajstić information content (AvgIpc) is 3.34. The smallest absolute Gasteiger partial charge is 0.357 e. The molecule has 0 spiro atoms. The second-order valence-electron chi connectivity index (χ2n) is 5.63. The molecule has 2 heterocycles. The summed E-state index contributed by atoms with van der Waals surface area (Å²) in [4.78, 5) is 8.04. The first kappa shape index (κ1) is 19.8. The maximum atomic E-state index is 12.6. The van der Waals surface area contributed by atoms with E-state index in [1.807, 2.05) is 41.8 Å². The van der Waals surface area contributed by atoms with Crippen molar-refractivity contribution >= 4 is 17.3 Å². The fraction of sp³-hybridized carbons (Fsp3) is 0.294. The number of benzene rings is 1. The first-order valence-electron chi connectivity index (χ1n) is 8.45. The molecular weight excluding hydrogens is 391 g/mol. The third-order valence-corrected chi connectivity index (χ3v) is 4.47. The Morgan fingerprint density at radius 2 is 2.00 bits per heavy atom. The highest BCUT2D eigenvalue weighted by molar-refractivity contribution is 7.09. The summed E-state index contributed by atoms with van der Waals surface area (Å²) in [6.07, 6.45) is -2.83. The molecule has 3 rings (SSSR count). The van der Waals surface area contributed by atoms with E-state index >= 15 is 0 Å². The Hall–Kier alpha value is -2.95. The number of para-hydroxylation sites is 1. The molecule has 28 heavy (non-hydrogen) atoms. The van der Waals surface area contributed by atoms with Crippen molar-refractivity contribution in [2.24, 2.45) is 4.99 Å². The van der Waals surface area contributed by atoms with Crippen LogP contribution in [-0.2, 0) is 19.3 Å². The molecule has 0 unspecified atom stereocenters. The van der Waals surface area contributed by atoms with Crippen LogP contribution in [0.1, 0.15) is 23.4 Å². The first-order valence-corrected chi connectivity index (χ1v) is 9.33. The lowest BCUT2D eigenvalue weighted by Crippen LogP contribution is -2.36. The standard InChI is InChI=1S/C17H18F3N7S/c1-2-21-16(23-9-15-25-13(10-28-15)17(18,19)20)22-8-14-26-24-11-27(14)12-6-4-3-5-7-12/h3-7,10-11H,2,8-9H2,1H3,(H2,21,22,23). The summed E-state index contributed by atoms with van der Waals surface area (Å²) in [6, 6.07) is 9.61. The van der Waals surface area contributed by atoms with Gasteiger partial charge in [-0.1, -0.05) is 18.2 Å². The molecule has 3 aromatic rings. The van der Waals surface area contributed by atoms with Gasteiger partial charge in [0, 0.05) is 17.6 Å². The lowest BCUT2D eigenvalue weighted by molar-refractivity contribution is -0.140. The Balaban J connectivity index is 1.67. The van der Waals surface area contributed by atoms with E-state index in [0.717, 1.165) is 22.4 Å². The van der Waals surface area contributed by atoms with Gasteiger partial charge in [0.2, 0.25) is 0 Å². The van der Waals surface area contributed by atoms with Crippen LogP contribution in [0, 0.1) is 0 Å². The molecule has 0 bridgehead atoms. The van der Waals surface area contributed by atoms with Crippen LogP contribution in [0.3, 0.4) is 0 Å². The zero-order valence-corrected chi connectivity index (χ0v) is 15.8. The fourth-order valence-electron chi connectivity index (χ4n) is 2.34. The molecule has 0 radical (unpaired) electrons. The minimum absolute atomic E-state index is 0.137. The van der Waals surface area contributed by atoms with Gasteiger partial charge in [-0.05, 0) is 19.1 Å². The normalized spacial score (nSPS) is 12.2. The Morgan fingerprint density at radius 3 is 2.68 bits per heavy atom. The van der Waals surface area contributed by atoms with Gasteiger partial charge in [0.15, 0.2) is 17.5 Å². The molecule has 2 N–H and O–H groups in total. The van der Waals surface area contributed by atoms with Gasteiger partial charge in [-0.3, -0.25) is 4.57 Å². The quantitative estimate of drug-likeness (QED) is 0.483. The van der Waals surface area contributed by atoms with Crippen molar-refractivity contribution in [3.05, 3.63) is 58.6 Å². The van der Waals surface area contributed by atoms with E-state index in [9.17, 15) is 13.2 Å². The lowest BCUT2D eigenvalue weighted by atomic mass is 10.3. The van der Waals surface area contributed by atoms with Crippen LogP contribution >= 0.6 is 11.3 Å². The van der Waals surface area contributed by atoms with Gasteiger partial charge in [-0.25, -0.2) is 9.98 Å². The lowest BCUT2D eigenvalue weighted by Gasteiger charge is -2.10. The SMILES string of the molecule is CCNC(=NCc1nncn1-c1ccccc1)NCc1nc(C(F)(F)F)cs1. The van der Waals surface area contributed by atoms with Crippen molar-refractivity contribution < 1.29 is 13.2 Å². The maximum absolute atomic E-state index is 12.6. The summed E-state index contributed by atoms with van der Waals surface area (Å²) in [5.74, 6) is 1.09. The molecule has 0 saturated carbocycles. The number of aromatic nitrogens is 4. The molecule has 0 aliphatic heterocycles. The van der Waals surface area contributed by atoms with Gasteiger partial charge < -0.3 is 10.6 Å². The Bertz CT molecular complexity index is 918. The van der Waals surface area contributed by atoms with Crippen LogP contribution in [0.4, 0.5) is 13.2 Å². The monoisotopic (exact) mass is 409 g/mol. The topological polar surface area (TPSA) is 80.0 Å². The third-order valence-electron chi connectivity index (χ3n) is 3.62. The van der Waals surface area contributed by atoms with E-state index in [1.165, 1.54) is 0 Å². The Labute approximate surface area is 163 Å². The van der Waals surface area contributed by atoms with Crippen LogP contribution in [0.15, 0.2) is 47.0 Å². The van der Waals surface area contributed by atoms with Crippen molar-refractivity contribution in [3.8, 4) is 5.69 Å². The predicted molar refractivity (Wildman–Crippen MR) is 100 cm³/mol. The predicted octanol–water partition coefficient (Wildman–Crippen LogP) is 3.00. The summed E-state index contributed by atoms with van der Waals surface area (Å²) in [5.41, 5.74) is 0.0327. The van der Waals surface area contributed by atoms with E-state index < -0.39 is 11.9 Å². The average molecular weight is 409 g/mol. The number of hydrogen-bond acceptors (Lipinski definition) is 5. The second-order valence-corrected chi connectivity index (χ2v) is 6.57. The van der Waals surface area contributed by atoms with Gasteiger partial charge in [-0.2, -0.15) is 13.2 Å². The van der Waals surface area contributed by atoms with E-state index in [-0.39, 0.29) is 13.1 Å². The first-order chi connectivity index (χ1) is 13.5.